The number of rotatable bonds is 10. The third-order valence-corrected chi connectivity index (χ3v) is 15.1. The molecule has 1 aliphatic heterocycles. The van der Waals surface area contributed by atoms with Gasteiger partial charge in [-0.3, -0.25) is 4.57 Å². The Balaban J connectivity index is 1.19. The van der Waals surface area contributed by atoms with Gasteiger partial charge in [-0.1, -0.05) is 211 Å². The van der Waals surface area contributed by atoms with E-state index in [4.69, 9.17) is 9.72 Å². The molecule has 0 N–H and O–H groups in total. The Hall–Kier alpha value is -7.37. The van der Waals surface area contributed by atoms with Gasteiger partial charge in [0.05, 0.1) is 17.7 Å². The number of ether oxygens (including phenoxy) is 1. The van der Waals surface area contributed by atoms with E-state index in [1.165, 1.54) is 55.7 Å². The van der Waals surface area contributed by atoms with Gasteiger partial charge >= 0.3 is 0 Å². The summed E-state index contributed by atoms with van der Waals surface area (Å²) >= 11 is 0. The lowest BCUT2D eigenvalue weighted by atomic mass is 9.76. The monoisotopic (exact) mass is 961 g/mol. The van der Waals surface area contributed by atoms with Crippen LogP contribution >= 0.6 is 0 Å². The van der Waals surface area contributed by atoms with Gasteiger partial charge in [-0.2, -0.15) is 0 Å². The fraction of sp³-hybridized carbons (Fsp3) is 0.279. The number of aromatic nitrogens is 2. The summed E-state index contributed by atoms with van der Waals surface area (Å²) < 4.78 is 9.78. The Morgan fingerprint density at radius 2 is 0.973 bits per heavy atom. The van der Waals surface area contributed by atoms with Gasteiger partial charge in [0.25, 0.3) is 0 Å². The first kappa shape index (κ1) is 49.2. The number of hydrogen-bond acceptors (Lipinski definition) is 4. The largest absolute Gasteiger partial charge is 0.457 e. The molecule has 0 spiro atoms. The Labute approximate surface area is 434 Å². The molecular formula is C68H72N4O. The number of benzene rings is 7. The molecule has 3 heterocycles. The minimum atomic E-state index is -0.408. The van der Waals surface area contributed by atoms with Crippen molar-refractivity contribution in [3.8, 4) is 28.4 Å². The van der Waals surface area contributed by atoms with E-state index in [2.05, 4.69) is 286 Å². The van der Waals surface area contributed by atoms with Crippen LogP contribution in [0.2, 0.25) is 0 Å². The Kier molecular flexibility index (Phi) is 12.3. The van der Waals surface area contributed by atoms with Gasteiger partial charge in [-0.15, -0.1) is 0 Å². The van der Waals surface area contributed by atoms with Crippen LogP contribution in [0.5, 0.6) is 11.5 Å². The van der Waals surface area contributed by atoms with Crippen LogP contribution in [0, 0.1) is 10.8 Å². The SMILES string of the molecule is CC(C)(C)C1=C(C(C)(C)C)N(c2cccc(C(C)(C)C)c2)CN1c1cc(Oc2cc(C(C)(C)c3ccccc3)c3c4ccccc4n(-c4cc(C(C)(C)c5ccccc5)ccn4)c3c2)cc(-c2ccccc2)c1. The minimum Gasteiger partial charge on any atom is -0.457 e. The summed E-state index contributed by atoms with van der Waals surface area (Å²) in [5.41, 5.74) is 14.5. The quantitative estimate of drug-likeness (QED) is 0.137. The summed E-state index contributed by atoms with van der Waals surface area (Å²) in [5, 5.41) is 2.36. The van der Waals surface area contributed by atoms with Crippen molar-refractivity contribution < 1.29 is 4.74 Å². The van der Waals surface area contributed by atoms with Crippen LogP contribution in [0.25, 0.3) is 38.8 Å². The van der Waals surface area contributed by atoms with Gasteiger partial charge in [-0.05, 0) is 92.9 Å². The van der Waals surface area contributed by atoms with E-state index in [-0.39, 0.29) is 21.7 Å². The van der Waals surface area contributed by atoms with Crippen LogP contribution < -0.4 is 14.5 Å². The predicted molar refractivity (Wildman–Crippen MR) is 309 cm³/mol. The normalized spacial score (nSPS) is 13.9. The summed E-state index contributed by atoms with van der Waals surface area (Å²) in [6.07, 6.45) is 1.97. The Bertz CT molecular complexity index is 3510. The topological polar surface area (TPSA) is 33.5 Å². The number of hydrogen-bond donors (Lipinski definition) is 0. The van der Waals surface area contributed by atoms with Gasteiger partial charge in [0.1, 0.15) is 17.3 Å². The molecule has 7 aromatic carbocycles. The molecule has 5 heteroatoms. The fourth-order valence-electron chi connectivity index (χ4n) is 11.2. The Morgan fingerprint density at radius 3 is 1.60 bits per heavy atom. The second-order valence-corrected chi connectivity index (χ2v) is 24.3. The van der Waals surface area contributed by atoms with E-state index in [9.17, 15) is 0 Å². The zero-order valence-electron chi connectivity index (χ0n) is 45.3. The summed E-state index contributed by atoms with van der Waals surface area (Å²) in [7, 11) is 0. The molecular weight excluding hydrogens is 889 g/mol. The molecule has 0 radical (unpaired) electrons. The zero-order valence-corrected chi connectivity index (χ0v) is 45.3. The van der Waals surface area contributed by atoms with E-state index in [1.807, 2.05) is 6.20 Å². The maximum atomic E-state index is 7.43. The summed E-state index contributed by atoms with van der Waals surface area (Å²) in [6, 6.07) is 66.1. The predicted octanol–water partition coefficient (Wildman–Crippen LogP) is 18.2. The summed E-state index contributed by atoms with van der Waals surface area (Å²) in [5.74, 6) is 2.39. The molecule has 370 valence electrons. The van der Waals surface area contributed by atoms with Gasteiger partial charge in [0, 0.05) is 73.5 Å². The highest BCUT2D eigenvalue weighted by atomic mass is 16.5. The van der Waals surface area contributed by atoms with Crippen LogP contribution in [-0.4, -0.2) is 16.2 Å². The maximum Gasteiger partial charge on any atom is 0.137 e. The molecule has 0 amide bonds. The van der Waals surface area contributed by atoms with E-state index in [1.54, 1.807) is 0 Å². The van der Waals surface area contributed by atoms with Crippen LogP contribution in [0.1, 0.15) is 118 Å². The first-order valence-corrected chi connectivity index (χ1v) is 26.1. The lowest BCUT2D eigenvalue weighted by molar-refractivity contribution is 0.444. The molecule has 0 saturated heterocycles. The third kappa shape index (κ3) is 9.24. The summed E-state index contributed by atoms with van der Waals surface area (Å²) in [4.78, 5) is 10.3. The highest BCUT2D eigenvalue weighted by Gasteiger charge is 2.42. The number of fused-ring (bicyclic) bond motifs is 3. The van der Waals surface area contributed by atoms with Gasteiger partial charge in [0.15, 0.2) is 0 Å². The first-order valence-electron chi connectivity index (χ1n) is 26.1. The molecule has 2 aromatic heterocycles. The lowest BCUT2D eigenvalue weighted by Crippen LogP contribution is -2.31. The number of para-hydroxylation sites is 1. The van der Waals surface area contributed by atoms with E-state index in [0.29, 0.717) is 6.67 Å². The zero-order chi connectivity index (χ0) is 51.7. The molecule has 0 atom stereocenters. The van der Waals surface area contributed by atoms with E-state index >= 15 is 0 Å². The molecule has 0 saturated carbocycles. The molecule has 5 nitrogen and oxygen atoms in total. The Morgan fingerprint density at radius 1 is 0.411 bits per heavy atom. The number of nitrogens with zero attached hydrogens (tertiary/aromatic N) is 4. The first-order chi connectivity index (χ1) is 34.6. The number of pyridine rings is 1. The van der Waals surface area contributed by atoms with Crippen molar-refractivity contribution in [2.45, 2.75) is 106 Å². The van der Waals surface area contributed by atoms with Crippen molar-refractivity contribution in [1.29, 1.82) is 0 Å². The maximum absolute atomic E-state index is 7.43. The minimum absolute atomic E-state index is 0.0114. The molecule has 0 bridgehead atoms. The van der Waals surface area contributed by atoms with E-state index in [0.717, 1.165) is 45.2 Å². The molecule has 1 aliphatic rings. The fourth-order valence-corrected chi connectivity index (χ4v) is 11.2. The standard InChI is InChI=1S/C68H72N4O/c1-64(2,3)50-32-25-33-52(40-50)70-45-71(63(66(7,8)9)62(70)65(4,5)6)53-38-47(46-26-17-14-18-27-46)39-54(42-53)73-55-43-57(68(12,13)49-30-21-16-22-31-49)61-56-34-23-24-35-58(56)72(59(61)44-55)60-41-51(36-37-69-60)67(10,11)48-28-19-15-20-29-48/h14-44H,45H2,1-13H3. The molecule has 73 heavy (non-hydrogen) atoms. The average Bonchev–Trinajstić information content (AvgIpc) is 3.95. The second kappa shape index (κ2) is 18.3. The van der Waals surface area contributed by atoms with Crippen LogP contribution in [0.4, 0.5) is 11.4 Å². The molecule has 10 rings (SSSR count). The smallest absolute Gasteiger partial charge is 0.137 e. The van der Waals surface area contributed by atoms with Gasteiger partial charge in [-0.25, -0.2) is 4.98 Å². The van der Waals surface area contributed by atoms with Gasteiger partial charge in [0.2, 0.25) is 0 Å². The molecule has 0 aliphatic carbocycles. The van der Waals surface area contributed by atoms with Crippen LogP contribution in [-0.2, 0) is 16.2 Å². The van der Waals surface area contributed by atoms with Crippen LogP contribution in [0.15, 0.2) is 200 Å². The van der Waals surface area contributed by atoms with Crippen molar-refractivity contribution in [2.75, 3.05) is 16.5 Å². The van der Waals surface area contributed by atoms with Crippen molar-refractivity contribution in [1.82, 2.24) is 9.55 Å². The van der Waals surface area contributed by atoms with Crippen molar-refractivity contribution in [3.63, 3.8) is 0 Å². The number of anilines is 2. The number of allylic oxidation sites excluding steroid dienone is 2. The molecule has 0 unspecified atom stereocenters. The van der Waals surface area contributed by atoms with Gasteiger partial charge < -0.3 is 14.5 Å². The summed E-state index contributed by atoms with van der Waals surface area (Å²) in [6.45, 7) is 31.0. The molecule has 0 fully saturated rings. The highest BCUT2D eigenvalue weighted by Crippen LogP contribution is 2.50. The average molecular weight is 961 g/mol. The lowest BCUT2D eigenvalue weighted by Gasteiger charge is -2.34. The van der Waals surface area contributed by atoms with Crippen molar-refractivity contribution in [3.05, 3.63) is 227 Å². The van der Waals surface area contributed by atoms with Crippen molar-refractivity contribution >= 4 is 33.2 Å². The molecule has 9 aromatic rings. The van der Waals surface area contributed by atoms with Crippen LogP contribution in [0.3, 0.4) is 0 Å². The highest BCUT2D eigenvalue weighted by molar-refractivity contribution is 6.12. The third-order valence-electron chi connectivity index (χ3n) is 15.1. The van der Waals surface area contributed by atoms with E-state index < -0.39 is 5.41 Å². The second-order valence-electron chi connectivity index (χ2n) is 24.3. The van der Waals surface area contributed by atoms with Crippen molar-refractivity contribution in [2.24, 2.45) is 10.8 Å².